The number of rotatable bonds is 5. The van der Waals surface area contributed by atoms with Crippen LogP contribution < -0.4 is 10.2 Å². The summed E-state index contributed by atoms with van der Waals surface area (Å²) >= 11 is 0. The fourth-order valence-corrected chi connectivity index (χ4v) is 6.99. The Bertz CT molecular complexity index is 1150. The Labute approximate surface area is 196 Å². The van der Waals surface area contributed by atoms with Crippen molar-refractivity contribution in [2.24, 2.45) is 0 Å². The molecule has 178 valence electrons. The van der Waals surface area contributed by atoms with Crippen molar-refractivity contribution in [2.45, 2.75) is 61.9 Å². The van der Waals surface area contributed by atoms with E-state index >= 15 is 0 Å². The molecule has 3 heterocycles. The minimum absolute atomic E-state index is 0.153. The van der Waals surface area contributed by atoms with E-state index in [9.17, 15) is 13.7 Å². The maximum Gasteiger partial charge on any atom is 0.150 e. The van der Waals surface area contributed by atoms with E-state index in [-0.39, 0.29) is 5.25 Å². The lowest BCUT2D eigenvalue weighted by Crippen LogP contribution is -2.51. The maximum atomic E-state index is 11.9. The largest absolute Gasteiger partial charge is 0.354 e. The number of fused-ring (bicyclic) bond motifs is 1. The summed E-state index contributed by atoms with van der Waals surface area (Å²) in [7, 11) is -0.913. The predicted molar refractivity (Wildman–Crippen MR) is 130 cm³/mol. The molecular weight excluding hydrogens is 436 g/mol. The molecule has 2 aromatic heterocycles. The second-order valence-corrected chi connectivity index (χ2v) is 12.3. The summed E-state index contributed by atoms with van der Waals surface area (Å²) < 4.78 is 25.9. The van der Waals surface area contributed by atoms with Crippen LogP contribution in [0.15, 0.2) is 18.3 Å². The Kier molecular flexibility index (Phi) is 6.10. The van der Waals surface area contributed by atoms with E-state index in [1.54, 1.807) is 0 Å². The van der Waals surface area contributed by atoms with Crippen LogP contribution in [0.4, 0.5) is 5.82 Å². The van der Waals surface area contributed by atoms with Gasteiger partial charge in [-0.3, -0.25) is 4.90 Å². The molecule has 8 nitrogen and oxygen atoms in total. The molecule has 2 aliphatic carbocycles. The van der Waals surface area contributed by atoms with E-state index in [0.717, 1.165) is 81.6 Å². The van der Waals surface area contributed by atoms with Crippen LogP contribution in [0.3, 0.4) is 0 Å². The molecule has 0 unspecified atom stereocenters. The highest BCUT2D eigenvalue weighted by atomic mass is 32.2. The normalized spacial score (nSPS) is 29.1. The summed E-state index contributed by atoms with van der Waals surface area (Å²) in [6.07, 6.45) is 9.01. The summed E-state index contributed by atoms with van der Waals surface area (Å²) in [5.41, 5.74) is 1.62. The number of anilines is 1. The third-order valence-electron chi connectivity index (χ3n) is 8.10. The molecule has 0 bridgehead atoms. The van der Waals surface area contributed by atoms with Crippen molar-refractivity contribution in [3.8, 4) is 6.07 Å². The minimum Gasteiger partial charge on any atom is -0.354 e. The second kappa shape index (κ2) is 8.90. The van der Waals surface area contributed by atoms with Crippen molar-refractivity contribution in [1.82, 2.24) is 19.8 Å². The number of sulfone groups is 1. The molecule has 0 aromatic carbocycles. The number of hydrogen-bond donors (Lipinski definition) is 1. The molecule has 0 atom stereocenters. The van der Waals surface area contributed by atoms with Gasteiger partial charge in [0.15, 0.2) is 0 Å². The minimum atomic E-state index is -2.92. The van der Waals surface area contributed by atoms with Gasteiger partial charge in [-0.1, -0.05) is 0 Å². The van der Waals surface area contributed by atoms with Crippen LogP contribution in [0, 0.1) is 11.3 Å². The van der Waals surface area contributed by atoms with E-state index in [1.165, 1.54) is 6.26 Å². The monoisotopic (exact) mass is 470 g/mol. The highest BCUT2D eigenvalue weighted by Gasteiger charge is 2.33. The maximum absolute atomic E-state index is 11.9. The summed E-state index contributed by atoms with van der Waals surface area (Å²) in [5, 5.41) is 13.7. The SMILES string of the molecule is CNC1CC(n2cc(C#N)c3ccc(N4CCN([C@H]5CC[C@H](S(C)(=O)=O)CC5)CC4)nc32)C1. The van der Waals surface area contributed by atoms with E-state index in [0.29, 0.717) is 23.7 Å². The van der Waals surface area contributed by atoms with Crippen LogP contribution >= 0.6 is 0 Å². The quantitative estimate of drug-likeness (QED) is 0.717. The number of piperazine rings is 1. The molecule has 1 saturated heterocycles. The summed E-state index contributed by atoms with van der Waals surface area (Å²) in [6, 6.07) is 7.88. The van der Waals surface area contributed by atoms with Crippen molar-refractivity contribution in [2.75, 3.05) is 44.4 Å². The third kappa shape index (κ3) is 4.36. The van der Waals surface area contributed by atoms with Crippen molar-refractivity contribution in [3.63, 3.8) is 0 Å². The highest BCUT2D eigenvalue weighted by molar-refractivity contribution is 7.91. The fraction of sp³-hybridized carbons (Fsp3) is 0.667. The second-order valence-electron chi connectivity index (χ2n) is 10.00. The molecule has 2 saturated carbocycles. The van der Waals surface area contributed by atoms with Gasteiger partial charge in [-0.2, -0.15) is 5.26 Å². The average molecular weight is 471 g/mol. The van der Waals surface area contributed by atoms with E-state index in [4.69, 9.17) is 4.98 Å². The molecule has 0 spiro atoms. The van der Waals surface area contributed by atoms with Crippen molar-refractivity contribution < 1.29 is 8.42 Å². The Morgan fingerprint density at radius 1 is 1.06 bits per heavy atom. The van der Waals surface area contributed by atoms with E-state index in [2.05, 4.69) is 37.9 Å². The molecule has 3 fully saturated rings. The van der Waals surface area contributed by atoms with Crippen LogP contribution in [0.1, 0.15) is 50.1 Å². The first-order valence-electron chi connectivity index (χ1n) is 12.1. The Morgan fingerprint density at radius 3 is 2.36 bits per heavy atom. The number of nitriles is 1. The first kappa shape index (κ1) is 22.6. The van der Waals surface area contributed by atoms with Crippen LogP contribution in [0.5, 0.6) is 0 Å². The summed E-state index contributed by atoms with van der Waals surface area (Å²) in [6.45, 7) is 3.79. The van der Waals surface area contributed by atoms with Gasteiger partial charge in [0.05, 0.1) is 10.8 Å². The van der Waals surface area contributed by atoms with Crippen LogP contribution in [0.25, 0.3) is 11.0 Å². The zero-order valence-corrected chi connectivity index (χ0v) is 20.4. The molecule has 0 radical (unpaired) electrons. The zero-order valence-electron chi connectivity index (χ0n) is 19.6. The van der Waals surface area contributed by atoms with Crippen molar-refractivity contribution in [1.29, 1.82) is 5.26 Å². The number of nitrogens with zero attached hydrogens (tertiary/aromatic N) is 5. The molecular formula is C24H34N6O2S. The van der Waals surface area contributed by atoms with Crippen LogP contribution in [-0.4, -0.2) is 79.7 Å². The van der Waals surface area contributed by atoms with Crippen molar-refractivity contribution in [3.05, 3.63) is 23.9 Å². The van der Waals surface area contributed by atoms with Gasteiger partial charge in [-0.05, 0) is 57.7 Å². The van der Waals surface area contributed by atoms with Gasteiger partial charge < -0.3 is 14.8 Å². The molecule has 1 N–H and O–H groups in total. The molecule has 2 aromatic rings. The van der Waals surface area contributed by atoms with Gasteiger partial charge in [-0.25, -0.2) is 13.4 Å². The molecule has 0 amide bonds. The van der Waals surface area contributed by atoms with Crippen LogP contribution in [0.2, 0.25) is 0 Å². The standard InChI is InChI=1S/C24H34N6O2S/c1-26-18-13-20(14-18)30-16-17(15-25)22-7-8-23(27-24(22)30)29-11-9-28(10-12-29)19-3-5-21(6-4-19)33(2,31)32/h7-8,16,18-21,26H,3-6,9-14H2,1-2H3/t18?,19-,20?,21-. The van der Waals surface area contributed by atoms with Gasteiger partial charge in [-0.15, -0.1) is 0 Å². The fourth-order valence-electron chi connectivity index (χ4n) is 5.86. The summed E-state index contributed by atoms with van der Waals surface area (Å²) in [5.74, 6) is 0.983. The van der Waals surface area contributed by atoms with Gasteiger partial charge in [0.2, 0.25) is 0 Å². The zero-order chi connectivity index (χ0) is 23.2. The number of aromatic nitrogens is 2. The van der Waals surface area contributed by atoms with Gasteiger partial charge >= 0.3 is 0 Å². The average Bonchev–Trinajstić information content (AvgIpc) is 3.16. The number of nitrogens with one attached hydrogen (secondary N) is 1. The van der Waals surface area contributed by atoms with Gasteiger partial charge in [0, 0.05) is 62.1 Å². The first-order valence-corrected chi connectivity index (χ1v) is 14.1. The number of pyridine rings is 1. The van der Waals surface area contributed by atoms with Crippen molar-refractivity contribution >= 4 is 26.7 Å². The number of hydrogen-bond acceptors (Lipinski definition) is 7. The smallest absolute Gasteiger partial charge is 0.150 e. The molecule has 1 aliphatic heterocycles. The molecule has 33 heavy (non-hydrogen) atoms. The third-order valence-corrected chi connectivity index (χ3v) is 9.78. The Morgan fingerprint density at radius 2 is 1.76 bits per heavy atom. The van der Waals surface area contributed by atoms with E-state index < -0.39 is 9.84 Å². The lowest BCUT2D eigenvalue weighted by atomic mass is 9.87. The topological polar surface area (TPSA) is 94.3 Å². The van der Waals surface area contributed by atoms with Crippen LogP contribution in [-0.2, 0) is 9.84 Å². The highest BCUT2D eigenvalue weighted by Crippen LogP contribution is 2.36. The van der Waals surface area contributed by atoms with Gasteiger partial charge in [0.1, 0.15) is 27.4 Å². The molecule has 3 aliphatic rings. The first-order chi connectivity index (χ1) is 15.9. The Balaban J connectivity index is 1.26. The molecule has 5 rings (SSSR count). The predicted octanol–water partition coefficient (Wildman–Crippen LogP) is 2.31. The van der Waals surface area contributed by atoms with E-state index in [1.807, 2.05) is 13.2 Å². The van der Waals surface area contributed by atoms with Gasteiger partial charge in [0.25, 0.3) is 0 Å². The lowest BCUT2D eigenvalue weighted by molar-refractivity contribution is 0.148. The lowest BCUT2D eigenvalue weighted by Gasteiger charge is -2.42. The summed E-state index contributed by atoms with van der Waals surface area (Å²) in [4.78, 5) is 9.91. The molecule has 9 heteroatoms. The Hall–Kier alpha value is -2.15.